The number of pyridine rings is 1. The summed E-state index contributed by atoms with van der Waals surface area (Å²) in [6.07, 6.45) is 3.38. The van der Waals surface area contributed by atoms with Crippen LogP contribution in [0.1, 0.15) is 5.56 Å². The van der Waals surface area contributed by atoms with Gasteiger partial charge >= 0.3 is 0 Å². The second-order valence-corrected chi connectivity index (χ2v) is 4.96. The molecule has 0 bridgehead atoms. The van der Waals surface area contributed by atoms with Crippen molar-refractivity contribution in [1.29, 1.82) is 0 Å². The number of nitrogens with zero attached hydrogens (tertiary/aromatic N) is 3. The van der Waals surface area contributed by atoms with Gasteiger partial charge in [0.25, 0.3) is 0 Å². The van der Waals surface area contributed by atoms with Crippen molar-refractivity contribution in [3.8, 4) is 22.4 Å². The van der Waals surface area contributed by atoms with E-state index in [1.165, 1.54) is 6.07 Å². The minimum absolute atomic E-state index is 0.307. The highest BCUT2D eigenvalue weighted by Crippen LogP contribution is 2.36. The third kappa shape index (κ3) is 2.27. The van der Waals surface area contributed by atoms with Gasteiger partial charge in [0.1, 0.15) is 17.3 Å². The van der Waals surface area contributed by atoms with Gasteiger partial charge < -0.3 is 5.73 Å². The molecule has 0 unspecified atom stereocenters. The van der Waals surface area contributed by atoms with Gasteiger partial charge in [0.15, 0.2) is 0 Å². The van der Waals surface area contributed by atoms with Gasteiger partial charge in [0.05, 0.1) is 5.56 Å². The van der Waals surface area contributed by atoms with Crippen molar-refractivity contribution < 1.29 is 4.39 Å². The number of rotatable bonds is 2. The fourth-order valence-corrected chi connectivity index (χ4v) is 2.33. The minimum Gasteiger partial charge on any atom is -0.383 e. The lowest BCUT2D eigenvalue weighted by Gasteiger charge is -2.05. The maximum Gasteiger partial charge on any atom is 0.132 e. The van der Waals surface area contributed by atoms with Crippen LogP contribution in [0.4, 0.5) is 10.2 Å². The zero-order valence-corrected chi connectivity index (χ0v) is 11.8. The summed E-state index contributed by atoms with van der Waals surface area (Å²) in [6.45, 7) is 1.85. The van der Waals surface area contributed by atoms with Crippen molar-refractivity contribution in [3.63, 3.8) is 0 Å². The van der Waals surface area contributed by atoms with Crippen LogP contribution in [0.5, 0.6) is 0 Å². The molecule has 0 radical (unpaired) electrons. The summed E-state index contributed by atoms with van der Waals surface area (Å²) in [7, 11) is 1.74. The first-order valence-corrected chi connectivity index (χ1v) is 6.57. The normalized spacial score (nSPS) is 10.8. The lowest BCUT2D eigenvalue weighted by molar-refractivity contribution is 0.629. The van der Waals surface area contributed by atoms with E-state index < -0.39 is 0 Å². The van der Waals surface area contributed by atoms with E-state index in [-0.39, 0.29) is 5.82 Å². The Labute approximate surface area is 122 Å². The number of hydrogen-bond donors (Lipinski definition) is 1. The topological polar surface area (TPSA) is 56.7 Å². The van der Waals surface area contributed by atoms with Gasteiger partial charge in [-0.1, -0.05) is 12.1 Å². The summed E-state index contributed by atoms with van der Waals surface area (Å²) in [4.78, 5) is 4.10. The number of halogens is 1. The van der Waals surface area contributed by atoms with Crippen molar-refractivity contribution in [1.82, 2.24) is 14.8 Å². The van der Waals surface area contributed by atoms with Gasteiger partial charge in [-0.2, -0.15) is 5.10 Å². The predicted octanol–water partition coefficient (Wildman–Crippen LogP) is 3.18. The molecule has 0 aliphatic heterocycles. The van der Waals surface area contributed by atoms with E-state index in [9.17, 15) is 4.39 Å². The molecule has 0 saturated carbocycles. The third-order valence-electron chi connectivity index (χ3n) is 3.42. The standard InChI is InChI=1S/C16H15FN4/c1-10-5-6-12(13(17)8-10)15-14(16(18)21(2)20-15)11-4-3-7-19-9-11/h3-9H,18H2,1-2H3. The van der Waals surface area contributed by atoms with E-state index in [4.69, 9.17) is 5.73 Å². The Morgan fingerprint density at radius 1 is 1.24 bits per heavy atom. The second-order valence-electron chi connectivity index (χ2n) is 4.96. The molecule has 106 valence electrons. The average molecular weight is 282 g/mol. The zero-order valence-electron chi connectivity index (χ0n) is 11.8. The van der Waals surface area contributed by atoms with E-state index in [1.54, 1.807) is 30.2 Å². The fraction of sp³-hybridized carbons (Fsp3) is 0.125. The molecular weight excluding hydrogens is 267 g/mol. The lowest BCUT2D eigenvalue weighted by Crippen LogP contribution is -1.98. The van der Waals surface area contributed by atoms with Crippen LogP contribution < -0.4 is 5.73 Å². The number of benzene rings is 1. The first-order chi connectivity index (χ1) is 10.1. The van der Waals surface area contributed by atoms with Crippen LogP contribution in [0.3, 0.4) is 0 Å². The quantitative estimate of drug-likeness (QED) is 0.785. The van der Waals surface area contributed by atoms with Crippen LogP contribution in [0.25, 0.3) is 22.4 Å². The maximum absolute atomic E-state index is 14.3. The summed E-state index contributed by atoms with van der Waals surface area (Å²) in [5.74, 6) is 0.177. The molecule has 4 nitrogen and oxygen atoms in total. The van der Waals surface area contributed by atoms with Crippen LogP contribution >= 0.6 is 0 Å². The van der Waals surface area contributed by atoms with E-state index in [0.29, 0.717) is 22.6 Å². The third-order valence-corrected chi connectivity index (χ3v) is 3.42. The number of anilines is 1. The molecule has 2 heterocycles. The van der Waals surface area contributed by atoms with Gasteiger partial charge in [-0.3, -0.25) is 9.67 Å². The monoisotopic (exact) mass is 282 g/mol. The van der Waals surface area contributed by atoms with E-state index in [1.807, 2.05) is 25.1 Å². The number of aryl methyl sites for hydroxylation is 2. The highest BCUT2D eigenvalue weighted by molar-refractivity contribution is 5.87. The molecule has 2 N–H and O–H groups in total. The molecule has 0 saturated heterocycles. The number of nitrogen functional groups attached to an aromatic ring is 1. The predicted molar refractivity (Wildman–Crippen MR) is 81.0 cm³/mol. The molecule has 3 aromatic rings. The number of aromatic nitrogens is 3. The van der Waals surface area contributed by atoms with Crippen molar-refractivity contribution in [2.24, 2.45) is 7.05 Å². The van der Waals surface area contributed by atoms with Crippen molar-refractivity contribution >= 4 is 5.82 Å². The van der Waals surface area contributed by atoms with Crippen LogP contribution in [-0.2, 0) is 7.05 Å². The van der Waals surface area contributed by atoms with Gasteiger partial charge in [-0.25, -0.2) is 4.39 Å². The second kappa shape index (κ2) is 5.01. The first-order valence-electron chi connectivity index (χ1n) is 6.57. The summed E-state index contributed by atoms with van der Waals surface area (Å²) >= 11 is 0. The van der Waals surface area contributed by atoms with Gasteiger partial charge in [-0.15, -0.1) is 0 Å². The van der Waals surface area contributed by atoms with Crippen molar-refractivity contribution in [3.05, 3.63) is 54.1 Å². The minimum atomic E-state index is -0.307. The van der Waals surface area contributed by atoms with Gasteiger partial charge in [-0.05, 0) is 30.7 Å². The van der Waals surface area contributed by atoms with Crippen molar-refractivity contribution in [2.45, 2.75) is 6.92 Å². The summed E-state index contributed by atoms with van der Waals surface area (Å²) in [6, 6.07) is 8.78. The summed E-state index contributed by atoms with van der Waals surface area (Å²) in [5.41, 5.74) is 9.45. The Kier molecular flexibility index (Phi) is 3.17. The number of nitrogens with two attached hydrogens (primary N) is 1. The van der Waals surface area contributed by atoms with Gasteiger partial charge in [0, 0.05) is 30.6 Å². The highest BCUT2D eigenvalue weighted by Gasteiger charge is 2.19. The van der Waals surface area contributed by atoms with Crippen LogP contribution in [0, 0.1) is 12.7 Å². The fourth-order valence-electron chi connectivity index (χ4n) is 2.33. The molecule has 5 heteroatoms. The van der Waals surface area contributed by atoms with Crippen LogP contribution in [-0.4, -0.2) is 14.8 Å². The van der Waals surface area contributed by atoms with Gasteiger partial charge in [0.2, 0.25) is 0 Å². The largest absolute Gasteiger partial charge is 0.383 e. The van der Waals surface area contributed by atoms with E-state index in [0.717, 1.165) is 11.1 Å². The summed E-state index contributed by atoms with van der Waals surface area (Å²) in [5, 5.41) is 4.37. The molecule has 3 rings (SSSR count). The molecule has 0 fully saturated rings. The van der Waals surface area contributed by atoms with Crippen LogP contribution in [0.15, 0.2) is 42.7 Å². The van der Waals surface area contributed by atoms with Crippen LogP contribution in [0.2, 0.25) is 0 Å². The molecule has 21 heavy (non-hydrogen) atoms. The molecule has 0 aliphatic carbocycles. The SMILES string of the molecule is Cc1ccc(-c2nn(C)c(N)c2-c2cccnc2)c(F)c1. The first kappa shape index (κ1) is 13.3. The van der Waals surface area contributed by atoms with E-state index in [2.05, 4.69) is 10.1 Å². The zero-order chi connectivity index (χ0) is 15.0. The Morgan fingerprint density at radius 2 is 2.05 bits per heavy atom. The Balaban J connectivity index is 2.27. The van der Waals surface area contributed by atoms with E-state index >= 15 is 0 Å². The molecule has 2 aromatic heterocycles. The highest BCUT2D eigenvalue weighted by atomic mass is 19.1. The Morgan fingerprint density at radius 3 is 2.71 bits per heavy atom. The molecule has 0 aliphatic rings. The molecular formula is C16H15FN4. The molecule has 0 amide bonds. The molecule has 0 atom stereocenters. The lowest BCUT2D eigenvalue weighted by atomic mass is 10.0. The maximum atomic E-state index is 14.3. The smallest absolute Gasteiger partial charge is 0.132 e. The molecule has 0 spiro atoms. The Bertz CT molecular complexity index is 794. The average Bonchev–Trinajstić information content (AvgIpc) is 2.75. The number of hydrogen-bond acceptors (Lipinski definition) is 3. The van der Waals surface area contributed by atoms with Crippen molar-refractivity contribution in [2.75, 3.05) is 5.73 Å². The summed E-state index contributed by atoms with van der Waals surface area (Å²) < 4.78 is 15.8. The Hall–Kier alpha value is -2.69. The molecule has 1 aromatic carbocycles.